The van der Waals surface area contributed by atoms with Crippen LogP contribution in [0.5, 0.6) is 0 Å². The molecule has 1 aliphatic rings. The molecule has 0 aliphatic carbocycles. The first-order chi connectivity index (χ1) is 15.2. The summed E-state index contributed by atoms with van der Waals surface area (Å²) in [5, 5.41) is 2.82. The Morgan fingerprint density at radius 2 is 1.41 bits per heavy atom. The molecule has 2 amide bonds. The van der Waals surface area contributed by atoms with Gasteiger partial charge in [0.25, 0.3) is 5.91 Å². The smallest absolute Gasteiger partial charge is 0.410 e. The van der Waals surface area contributed by atoms with Crippen LogP contribution >= 0.6 is 0 Å². The first kappa shape index (κ1) is 23.1. The Balaban J connectivity index is 1.54. The van der Waals surface area contributed by atoms with Crippen molar-refractivity contribution in [1.29, 1.82) is 0 Å². The van der Waals surface area contributed by atoms with E-state index in [1.54, 1.807) is 41.3 Å². The van der Waals surface area contributed by atoms with Crippen LogP contribution in [-0.4, -0.2) is 61.8 Å². The van der Waals surface area contributed by atoms with Crippen LogP contribution in [0.4, 0.5) is 16.2 Å². The number of nitrogens with zero attached hydrogens (tertiary/aromatic N) is 2. The number of carbonyl (C=O) groups is 3. The number of esters is 1. The second kappa shape index (κ2) is 9.72. The highest BCUT2D eigenvalue weighted by Gasteiger charge is 2.26. The average molecular weight is 440 g/mol. The van der Waals surface area contributed by atoms with E-state index in [2.05, 4.69) is 15.0 Å². The fourth-order valence-corrected chi connectivity index (χ4v) is 3.31. The predicted octanol–water partition coefficient (Wildman–Crippen LogP) is 3.78. The molecule has 170 valence electrons. The van der Waals surface area contributed by atoms with Gasteiger partial charge in [0.1, 0.15) is 5.60 Å². The van der Waals surface area contributed by atoms with Crippen molar-refractivity contribution in [2.24, 2.45) is 0 Å². The summed E-state index contributed by atoms with van der Waals surface area (Å²) in [6, 6.07) is 13.9. The van der Waals surface area contributed by atoms with Gasteiger partial charge in [0, 0.05) is 43.1 Å². The predicted molar refractivity (Wildman–Crippen MR) is 122 cm³/mol. The summed E-state index contributed by atoms with van der Waals surface area (Å²) in [5.41, 5.74) is 2.02. The molecule has 1 saturated heterocycles. The van der Waals surface area contributed by atoms with Crippen LogP contribution in [0.25, 0.3) is 0 Å². The molecule has 0 saturated carbocycles. The van der Waals surface area contributed by atoms with Crippen molar-refractivity contribution < 1.29 is 23.9 Å². The number of benzene rings is 2. The van der Waals surface area contributed by atoms with Crippen molar-refractivity contribution in [1.82, 2.24) is 4.90 Å². The second-order valence-electron chi connectivity index (χ2n) is 8.52. The third-order valence-corrected chi connectivity index (χ3v) is 4.99. The topological polar surface area (TPSA) is 88.2 Å². The lowest BCUT2D eigenvalue weighted by atomic mass is 10.1. The highest BCUT2D eigenvalue weighted by molar-refractivity contribution is 6.04. The van der Waals surface area contributed by atoms with E-state index in [4.69, 9.17) is 4.74 Å². The van der Waals surface area contributed by atoms with Gasteiger partial charge in [-0.25, -0.2) is 9.59 Å². The monoisotopic (exact) mass is 439 g/mol. The van der Waals surface area contributed by atoms with Crippen LogP contribution in [0.15, 0.2) is 48.5 Å². The molecule has 1 fully saturated rings. The van der Waals surface area contributed by atoms with Crippen LogP contribution in [0, 0.1) is 0 Å². The molecule has 0 aromatic heterocycles. The highest BCUT2D eigenvalue weighted by atomic mass is 16.6. The van der Waals surface area contributed by atoms with Crippen molar-refractivity contribution in [3.8, 4) is 0 Å². The number of hydrogen-bond acceptors (Lipinski definition) is 6. The minimum atomic E-state index is -0.506. The van der Waals surface area contributed by atoms with E-state index in [9.17, 15) is 14.4 Å². The van der Waals surface area contributed by atoms with Crippen LogP contribution in [-0.2, 0) is 9.47 Å². The zero-order valence-corrected chi connectivity index (χ0v) is 18.9. The van der Waals surface area contributed by atoms with E-state index in [0.717, 1.165) is 5.69 Å². The molecule has 0 radical (unpaired) electrons. The Bertz CT molecular complexity index is 957. The van der Waals surface area contributed by atoms with Crippen LogP contribution in [0.1, 0.15) is 41.5 Å². The third-order valence-electron chi connectivity index (χ3n) is 4.99. The normalized spacial score (nSPS) is 14.0. The van der Waals surface area contributed by atoms with Gasteiger partial charge < -0.3 is 24.6 Å². The van der Waals surface area contributed by atoms with E-state index >= 15 is 0 Å². The third kappa shape index (κ3) is 6.00. The number of piperazine rings is 1. The summed E-state index contributed by atoms with van der Waals surface area (Å²) >= 11 is 0. The Hall–Kier alpha value is -3.55. The van der Waals surface area contributed by atoms with Crippen molar-refractivity contribution >= 4 is 29.3 Å². The molecule has 0 bridgehead atoms. The van der Waals surface area contributed by atoms with Crippen LogP contribution in [0.3, 0.4) is 0 Å². The number of rotatable bonds is 4. The van der Waals surface area contributed by atoms with Gasteiger partial charge in [0.05, 0.1) is 12.7 Å². The molecule has 1 aliphatic heterocycles. The lowest BCUT2D eigenvalue weighted by Gasteiger charge is -2.36. The average Bonchev–Trinajstić information content (AvgIpc) is 2.78. The number of hydrogen-bond donors (Lipinski definition) is 1. The van der Waals surface area contributed by atoms with Gasteiger partial charge in [-0.15, -0.1) is 0 Å². The molecule has 0 unspecified atom stereocenters. The minimum absolute atomic E-state index is 0.239. The Morgan fingerprint density at radius 3 is 1.94 bits per heavy atom. The maximum Gasteiger partial charge on any atom is 0.410 e. The molecule has 0 spiro atoms. The highest BCUT2D eigenvalue weighted by Crippen LogP contribution is 2.20. The Labute approximate surface area is 188 Å². The maximum atomic E-state index is 12.5. The van der Waals surface area contributed by atoms with E-state index in [0.29, 0.717) is 43.0 Å². The maximum absolute atomic E-state index is 12.5. The number of carbonyl (C=O) groups excluding carboxylic acids is 3. The Morgan fingerprint density at radius 1 is 0.844 bits per heavy atom. The summed E-state index contributed by atoms with van der Waals surface area (Å²) in [6.07, 6.45) is -0.288. The van der Waals surface area contributed by atoms with Crippen molar-refractivity contribution in [2.75, 3.05) is 43.5 Å². The van der Waals surface area contributed by atoms with E-state index in [-0.39, 0.29) is 12.0 Å². The van der Waals surface area contributed by atoms with Crippen molar-refractivity contribution in [3.05, 3.63) is 59.7 Å². The first-order valence-electron chi connectivity index (χ1n) is 10.5. The number of amides is 2. The number of ether oxygens (including phenoxy) is 2. The lowest BCUT2D eigenvalue weighted by Crippen LogP contribution is -2.50. The summed E-state index contributed by atoms with van der Waals surface area (Å²) in [4.78, 5) is 40.1. The fourth-order valence-electron chi connectivity index (χ4n) is 3.31. The molecule has 0 atom stereocenters. The standard InChI is InChI=1S/C24H29N3O5/c1-24(2,3)32-23(30)27-15-13-26(14-16-27)20-11-7-17(8-12-20)21(28)25-19-9-5-18(6-10-19)22(29)31-4/h5-12H,13-16H2,1-4H3,(H,25,28). The molecular weight excluding hydrogens is 410 g/mol. The fraction of sp³-hybridized carbons (Fsp3) is 0.375. The summed E-state index contributed by atoms with van der Waals surface area (Å²) < 4.78 is 10.1. The zero-order chi connectivity index (χ0) is 23.3. The molecular formula is C24H29N3O5. The summed E-state index contributed by atoms with van der Waals surface area (Å²) in [6.45, 7) is 8.12. The molecule has 2 aromatic carbocycles. The van der Waals surface area contributed by atoms with Gasteiger partial charge in [-0.1, -0.05) is 0 Å². The molecule has 8 nitrogen and oxygen atoms in total. The Kier molecular flexibility index (Phi) is 7.02. The van der Waals surface area contributed by atoms with Crippen molar-refractivity contribution in [3.63, 3.8) is 0 Å². The van der Waals surface area contributed by atoms with E-state index < -0.39 is 11.6 Å². The summed E-state index contributed by atoms with van der Waals surface area (Å²) in [7, 11) is 1.32. The largest absolute Gasteiger partial charge is 0.465 e. The van der Waals surface area contributed by atoms with Gasteiger partial charge in [0.15, 0.2) is 0 Å². The first-order valence-corrected chi connectivity index (χ1v) is 10.5. The van der Waals surface area contributed by atoms with Crippen LogP contribution < -0.4 is 10.2 Å². The van der Waals surface area contributed by atoms with Gasteiger partial charge in [-0.05, 0) is 69.3 Å². The number of methoxy groups -OCH3 is 1. The molecule has 2 aromatic rings. The molecule has 1 heterocycles. The molecule has 8 heteroatoms. The van der Waals surface area contributed by atoms with Gasteiger partial charge in [0.2, 0.25) is 0 Å². The SMILES string of the molecule is COC(=O)c1ccc(NC(=O)c2ccc(N3CCN(C(=O)OC(C)(C)C)CC3)cc2)cc1. The molecule has 32 heavy (non-hydrogen) atoms. The van der Waals surface area contributed by atoms with Gasteiger partial charge in [-0.2, -0.15) is 0 Å². The van der Waals surface area contributed by atoms with Gasteiger partial charge >= 0.3 is 12.1 Å². The number of nitrogens with one attached hydrogen (secondary N) is 1. The quantitative estimate of drug-likeness (QED) is 0.730. The number of anilines is 2. The summed E-state index contributed by atoms with van der Waals surface area (Å²) in [5.74, 6) is -0.664. The van der Waals surface area contributed by atoms with E-state index in [1.165, 1.54) is 7.11 Å². The zero-order valence-electron chi connectivity index (χ0n) is 18.9. The van der Waals surface area contributed by atoms with E-state index in [1.807, 2.05) is 32.9 Å². The molecule has 1 N–H and O–H groups in total. The van der Waals surface area contributed by atoms with Gasteiger partial charge in [-0.3, -0.25) is 4.79 Å². The minimum Gasteiger partial charge on any atom is -0.465 e. The lowest BCUT2D eigenvalue weighted by molar-refractivity contribution is 0.0240. The van der Waals surface area contributed by atoms with Crippen molar-refractivity contribution in [2.45, 2.75) is 26.4 Å². The molecule has 3 rings (SSSR count). The van der Waals surface area contributed by atoms with Crippen LogP contribution in [0.2, 0.25) is 0 Å². The second-order valence-corrected chi connectivity index (χ2v) is 8.52.